The normalized spacial score (nSPS) is 23.0. The number of carbonyl (C=O) groups is 1. The molecule has 0 saturated carbocycles. The maximum absolute atomic E-state index is 12.3. The van der Waals surface area contributed by atoms with Crippen molar-refractivity contribution in [2.24, 2.45) is 7.05 Å². The van der Waals surface area contributed by atoms with E-state index in [1.165, 1.54) is 0 Å². The van der Waals surface area contributed by atoms with Crippen molar-refractivity contribution in [3.63, 3.8) is 0 Å². The summed E-state index contributed by atoms with van der Waals surface area (Å²) in [6, 6.07) is 1.31. The zero-order valence-corrected chi connectivity index (χ0v) is 11.3. The lowest BCUT2D eigenvalue weighted by Gasteiger charge is -2.33. The van der Waals surface area contributed by atoms with Crippen LogP contribution in [0.25, 0.3) is 0 Å². The van der Waals surface area contributed by atoms with Gasteiger partial charge in [-0.25, -0.2) is 8.42 Å². The molecule has 100 valence electrons. The fraction of sp³-hybridized carbons (Fsp3) is 0.545. The summed E-state index contributed by atoms with van der Waals surface area (Å²) in [5.74, 6) is -0.113. The summed E-state index contributed by atoms with van der Waals surface area (Å²) in [6.07, 6.45) is 1.67. The number of amides is 1. The minimum Gasteiger partial charge on any atom is -0.397 e. The van der Waals surface area contributed by atoms with Crippen molar-refractivity contribution < 1.29 is 13.2 Å². The smallest absolute Gasteiger partial charge is 0.270 e. The van der Waals surface area contributed by atoms with Gasteiger partial charge in [0, 0.05) is 25.8 Å². The van der Waals surface area contributed by atoms with Crippen molar-refractivity contribution in [2.45, 2.75) is 13.0 Å². The van der Waals surface area contributed by atoms with Crippen LogP contribution in [0.5, 0.6) is 0 Å². The highest BCUT2D eigenvalue weighted by Crippen LogP contribution is 2.17. The first-order valence-electron chi connectivity index (χ1n) is 5.73. The van der Waals surface area contributed by atoms with Gasteiger partial charge in [-0.3, -0.25) is 4.79 Å². The molecule has 1 amide bonds. The van der Waals surface area contributed by atoms with Crippen LogP contribution in [-0.4, -0.2) is 47.9 Å². The fourth-order valence-electron chi connectivity index (χ4n) is 2.25. The fourth-order valence-corrected chi connectivity index (χ4v) is 3.81. The van der Waals surface area contributed by atoms with Gasteiger partial charge in [0.25, 0.3) is 5.91 Å². The van der Waals surface area contributed by atoms with Gasteiger partial charge in [-0.15, -0.1) is 0 Å². The van der Waals surface area contributed by atoms with E-state index >= 15 is 0 Å². The Morgan fingerprint density at radius 1 is 1.50 bits per heavy atom. The van der Waals surface area contributed by atoms with Gasteiger partial charge in [-0.1, -0.05) is 0 Å². The molecule has 0 aliphatic carbocycles. The molecule has 1 aliphatic heterocycles. The van der Waals surface area contributed by atoms with Crippen LogP contribution < -0.4 is 5.73 Å². The summed E-state index contributed by atoms with van der Waals surface area (Å²) in [7, 11) is -1.27. The summed E-state index contributed by atoms with van der Waals surface area (Å²) >= 11 is 0. The molecule has 1 atom stereocenters. The third-order valence-electron chi connectivity index (χ3n) is 3.18. The number of carbonyl (C=O) groups excluding carboxylic acids is 1. The minimum absolute atomic E-state index is 0.0264. The summed E-state index contributed by atoms with van der Waals surface area (Å²) in [5.41, 5.74) is 6.65. The molecular formula is C11H17N3O3S. The van der Waals surface area contributed by atoms with E-state index in [4.69, 9.17) is 5.73 Å². The van der Waals surface area contributed by atoms with Gasteiger partial charge in [0.15, 0.2) is 9.84 Å². The molecule has 1 fully saturated rings. The van der Waals surface area contributed by atoms with Crippen LogP contribution in [0, 0.1) is 0 Å². The number of nitrogen functional groups attached to an aromatic ring is 1. The Kier molecular flexibility index (Phi) is 3.10. The van der Waals surface area contributed by atoms with E-state index in [9.17, 15) is 13.2 Å². The van der Waals surface area contributed by atoms with E-state index in [1.807, 2.05) is 0 Å². The highest BCUT2D eigenvalue weighted by molar-refractivity contribution is 7.91. The van der Waals surface area contributed by atoms with E-state index in [1.54, 1.807) is 35.7 Å². The Labute approximate surface area is 106 Å². The average Bonchev–Trinajstić information content (AvgIpc) is 2.55. The topological polar surface area (TPSA) is 85.4 Å². The number of aryl methyl sites for hydroxylation is 1. The molecule has 18 heavy (non-hydrogen) atoms. The van der Waals surface area contributed by atoms with Crippen LogP contribution in [0.1, 0.15) is 17.4 Å². The molecule has 0 aromatic carbocycles. The molecular weight excluding hydrogens is 254 g/mol. The van der Waals surface area contributed by atoms with Crippen molar-refractivity contribution >= 4 is 21.4 Å². The van der Waals surface area contributed by atoms with Crippen LogP contribution in [0.4, 0.5) is 5.69 Å². The predicted molar refractivity (Wildman–Crippen MR) is 69.0 cm³/mol. The Morgan fingerprint density at radius 3 is 2.67 bits per heavy atom. The van der Waals surface area contributed by atoms with Gasteiger partial charge in [-0.2, -0.15) is 0 Å². The van der Waals surface area contributed by atoms with Gasteiger partial charge in [0.05, 0.1) is 17.2 Å². The maximum Gasteiger partial charge on any atom is 0.270 e. The molecule has 6 nitrogen and oxygen atoms in total. The Bertz CT molecular complexity index is 576. The Hall–Kier alpha value is -1.50. The first kappa shape index (κ1) is 12.9. The molecule has 1 unspecified atom stereocenters. The molecule has 2 heterocycles. The van der Waals surface area contributed by atoms with Crippen molar-refractivity contribution in [2.75, 3.05) is 23.8 Å². The summed E-state index contributed by atoms with van der Waals surface area (Å²) in [4.78, 5) is 13.9. The quantitative estimate of drug-likeness (QED) is 0.770. The van der Waals surface area contributed by atoms with Crippen molar-refractivity contribution in [3.8, 4) is 0 Å². The predicted octanol–water partition coefficient (Wildman–Crippen LogP) is -0.134. The van der Waals surface area contributed by atoms with Crippen molar-refractivity contribution in [3.05, 3.63) is 18.0 Å². The van der Waals surface area contributed by atoms with E-state index < -0.39 is 9.84 Å². The lowest BCUT2D eigenvalue weighted by atomic mass is 10.2. The maximum atomic E-state index is 12.3. The molecule has 2 N–H and O–H groups in total. The first-order chi connectivity index (χ1) is 8.30. The van der Waals surface area contributed by atoms with E-state index in [2.05, 4.69) is 0 Å². The Balaban J connectivity index is 2.23. The number of nitrogens with zero attached hydrogens (tertiary/aromatic N) is 2. The van der Waals surface area contributed by atoms with Crippen molar-refractivity contribution in [1.82, 2.24) is 9.47 Å². The molecule has 2 rings (SSSR count). The molecule has 1 saturated heterocycles. The SMILES string of the molecule is CC1CS(=O)(=O)CCN1C(=O)c1cc(N)cn1C. The second-order valence-corrected chi connectivity index (χ2v) is 6.96. The van der Waals surface area contributed by atoms with E-state index in [0.29, 0.717) is 11.4 Å². The molecule has 1 aromatic rings. The number of hydrogen-bond acceptors (Lipinski definition) is 4. The van der Waals surface area contributed by atoms with Crippen molar-refractivity contribution in [1.29, 1.82) is 0 Å². The standard InChI is InChI=1S/C11H17N3O3S/c1-8-7-18(16,17)4-3-14(8)11(15)10-5-9(12)6-13(10)2/h5-6,8H,3-4,7,12H2,1-2H3. The minimum atomic E-state index is -3.01. The molecule has 0 radical (unpaired) electrons. The number of anilines is 1. The van der Waals surface area contributed by atoms with Crippen LogP contribution in [0.3, 0.4) is 0 Å². The molecule has 0 spiro atoms. The summed E-state index contributed by atoms with van der Waals surface area (Å²) < 4.78 is 24.6. The lowest BCUT2D eigenvalue weighted by Crippen LogP contribution is -2.50. The van der Waals surface area contributed by atoms with Gasteiger partial charge in [0.2, 0.25) is 0 Å². The number of hydrogen-bond donors (Lipinski definition) is 1. The first-order valence-corrected chi connectivity index (χ1v) is 7.55. The second-order valence-electron chi connectivity index (χ2n) is 4.73. The van der Waals surface area contributed by atoms with Crippen LogP contribution in [0.2, 0.25) is 0 Å². The average molecular weight is 271 g/mol. The third-order valence-corrected chi connectivity index (χ3v) is 4.97. The van der Waals surface area contributed by atoms with Crippen LogP contribution >= 0.6 is 0 Å². The van der Waals surface area contributed by atoms with Crippen LogP contribution in [-0.2, 0) is 16.9 Å². The van der Waals surface area contributed by atoms with Gasteiger partial charge in [-0.05, 0) is 13.0 Å². The van der Waals surface area contributed by atoms with E-state index in [0.717, 1.165) is 0 Å². The van der Waals surface area contributed by atoms with Gasteiger partial charge in [0.1, 0.15) is 5.69 Å². The van der Waals surface area contributed by atoms with Crippen LogP contribution in [0.15, 0.2) is 12.3 Å². The summed E-state index contributed by atoms with van der Waals surface area (Å²) in [6.45, 7) is 1.99. The third kappa shape index (κ3) is 2.35. The highest BCUT2D eigenvalue weighted by atomic mass is 32.2. The summed E-state index contributed by atoms with van der Waals surface area (Å²) in [5, 5.41) is 0. The Morgan fingerprint density at radius 2 is 2.17 bits per heavy atom. The zero-order chi connectivity index (χ0) is 13.5. The number of rotatable bonds is 1. The van der Waals surface area contributed by atoms with E-state index in [-0.39, 0.29) is 30.0 Å². The van der Waals surface area contributed by atoms with Gasteiger partial charge < -0.3 is 15.2 Å². The molecule has 7 heteroatoms. The largest absolute Gasteiger partial charge is 0.397 e. The molecule has 1 aromatic heterocycles. The van der Waals surface area contributed by atoms with Gasteiger partial charge >= 0.3 is 0 Å². The highest BCUT2D eigenvalue weighted by Gasteiger charge is 2.32. The second kappa shape index (κ2) is 4.31. The number of nitrogens with two attached hydrogens (primary N) is 1. The molecule has 0 bridgehead atoms. The monoisotopic (exact) mass is 271 g/mol. The number of sulfone groups is 1. The lowest BCUT2D eigenvalue weighted by molar-refractivity contribution is 0.0703. The number of aromatic nitrogens is 1. The molecule has 1 aliphatic rings. The zero-order valence-electron chi connectivity index (χ0n) is 10.5.